The molecule has 1 heterocycles. The lowest BCUT2D eigenvalue weighted by molar-refractivity contribution is 0.102. The maximum Gasteiger partial charge on any atom is 0.171 e. The summed E-state index contributed by atoms with van der Waals surface area (Å²) in [5, 5.41) is 1.89. The van der Waals surface area contributed by atoms with Crippen molar-refractivity contribution in [3.8, 4) is 0 Å². The van der Waals surface area contributed by atoms with Gasteiger partial charge in [0.25, 0.3) is 0 Å². The minimum Gasteiger partial charge on any atom is -0.397 e. The van der Waals surface area contributed by atoms with Crippen LogP contribution in [-0.2, 0) is 0 Å². The van der Waals surface area contributed by atoms with E-state index >= 15 is 0 Å². The van der Waals surface area contributed by atoms with Gasteiger partial charge >= 0.3 is 0 Å². The Morgan fingerprint density at radius 2 is 2.30 bits per heavy atom. The lowest BCUT2D eigenvalue weighted by Crippen LogP contribution is -1.94. The van der Waals surface area contributed by atoms with Gasteiger partial charge in [-0.25, -0.2) is 0 Å². The molecule has 1 aromatic rings. The van der Waals surface area contributed by atoms with E-state index in [4.69, 9.17) is 5.73 Å². The van der Waals surface area contributed by atoms with Crippen LogP contribution >= 0.6 is 11.3 Å². The maximum atomic E-state index is 10.8. The largest absolute Gasteiger partial charge is 0.397 e. The van der Waals surface area contributed by atoms with Crippen LogP contribution in [0, 0.1) is 6.92 Å². The SMILES string of the molecule is CC(=O)c1scc(C)c1N. The Kier molecular flexibility index (Phi) is 1.76. The Balaban J connectivity index is 3.17. The zero-order chi connectivity index (χ0) is 7.72. The molecule has 0 amide bonds. The molecule has 0 unspecified atom stereocenters. The van der Waals surface area contributed by atoms with Gasteiger partial charge in [0, 0.05) is 6.92 Å². The second-order valence-electron chi connectivity index (χ2n) is 2.22. The summed E-state index contributed by atoms with van der Waals surface area (Å²) in [4.78, 5) is 11.5. The summed E-state index contributed by atoms with van der Waals surface area (Å²) in [6.07, 6.45) is 0. The van der Waals surface area contributed by atoms with Crippen LogP contribution in [0.3, 0.4) is 0 Å². The number of carbonyl (C=O) groups is 1. The summed E-state index contributed by atoms with van der Waals surface area (Å²) in [7, 11) is 0. The van der Waals surface area contributed by atoms with Gasteiger partial charge in [-0.05, 0) is 17.9 Å². The van der Waals surface area contributed by atoms with E-state index in [0.29, 0.717) is 10.6 Å². The van der Waals surface area contributed by atoms with E-state index in [0.717, 1.165) is 5.56 Å². The van der Waals surface area contributed by atoms with E-state index in [1.807, 2.05) is 12.3 Å². The van der Waals surface area contributed by atoms with E-state index in [-0.39, 0.29) is 5.78 Å². The highest BCUT2D eigenvalue weighted by Crippen LogP contribution is 2.24. The molecule has 0 saturated heterocycles. The molecule has 0 aliphatic rings. The number of thiophene rings is 1. The fourth-order valence-electron chi connectivity index (χ4n) is 0.726. The number of nitrogen functional groups attached to an aromatic ring is 1. The fraction of sp³-hybridized carbons (Fsp3) is 0.286. The monoisotopic (exact) mass is 155 g/mol. The van der Waals surface area contributed by atoms with Gasteiger partial charge in [-0.15, -0.1) is 11.3 Å². The number of Topliss-reactive ketones (excluding diaryl/α,β-unsaturated/α-hetero) is 1. The third kappa shape index (κ3) is 1.04. The number of aryl methyl sites for hydroxylation is 1. The van der Waals surface area contributed by atoms with Crippen molar-refractivity contribution in [2.24, 2.45) is 0 Å². The number of ketones is 1. The number of nitrogens with two attached hydrogens (primary N) is 1. The lowest BCUT2D eigenvalue weighted by atomic mass is 10.2. The fourth-order valence-corrected chi connectivity index (χ4v) is 1.60. The molecular weight excluding hydrogens is 146 g/mol. The second-order valence-corrected chi connectivity index (χ2v) is 3.10. The summed E-state index contributed by atoms with van der Waals surface area (Å²) in [5.74, 6) is 0.0515. The molecule has 0 aromatic carbocycles. The van der Waals surface area contributed by atoms with Gasteiger partial charge in [0.15, 0.2) is 5.78 Å². The predicted molar refractivity (Wildman–Crippen MR) is 43.5 cm³/mol. The third-order valence-electron chi connectivity index (χ3n) is 1.34. The molecule has 1 aromatic heterocycles. The van der Waals surface area contributed by atoms with Crippen molar-refractivity contribution in [2.45, 2.75) is 13.8 Å². The first-order valence-corrected chi connectivity index (χ1v) is 3.85. The molecule has 3 heteroatoms. The van der Waals surface area contributed by atoms with Gasteiger partial charge < -0.3 is 5.73 Å². The summed E-state index contributed by atoms with van der Waals surface area (Å²) in [5.41, 5.74) is 7.23. The van der Waals surface area contributed by atoms with Crippen LogP contribution in [0.2, 0.25) is 0 Å². The molecule has 10 heavy (non-hydrogen) atoms. The maximum absolute atomic E-state index is 10.8. The van der Waals surface area contributed by atoms with E-state index in [1.54, 1.807) is 0 Å². The Morgan fingerprint density at radius 3 is 2.50 bits per heavy atom. The van der Waals surface area contributed by atoms with Crippen LogP contribution in [0.4, 0.5) is 5.69 Å². The second kappa shape index (κ2) is 2.42. The van der Waals surface area contributed by atoms with Crippen LogP contribution in [-0.4, -0.2) is 5.78 Å². The predicted octanol–water partition coefficient (Wildman–Crippen LogP) is 1.84. The minimum absolute atomic E-state index is 0.0515. The van der Waals surface area contributed by atoms with E-state index < -0.39 is 0 Å². The standard InChI is InChI=1S/C7H9NOS/c1-4-3-10-7(5(2)9)6(4)8/h3H,8H2,1-2H3. The molecule has 1 rings (SSSR count). The zero-order valence-corrected chi connectivity index (χ0v) is 6.79. The van der Waals surface area contributed by atoms with Crippen molar-refractivity contribution >= 4 is 22.8 Å². The Hall–Kier alpha value is -0.830. The van der Waals surface area contributed by atoms with E-state index in [2.05, 4.69) is 0 Å². The number of anilines is 1. The molecule has 54 valence electrons. The number of carbonyl (C=O) groups excluding carboxylic acids is 1. The molecular formula is C7H9NOS. The van der Waals surface area contributed by atoms with Gasteiger partial charge in [0.2, 0.25) is 0 Å². The molecule has 0 atom stereocenters. The highest BCUT2D eigenvalue weighted by atomic mass is 32.1. The first kappa shape index (κ1) is 7.28. The van der Waals surface area contributed by atoms with E-state index in [9.17, 15) is 4.79 Å². The van der Waals surface area contributed by atoms with E-state index in [1.165, 1.54) is 18.3 Å². The molecule has 0 fully saturated rings. The average Bonchev–Trinajstić information content (AvgIpc) is 2.14. The Bertz CT molecular complexity index is 265. The molecule has 0 aliphatic heterocycles. The van der Waals surface area contributed by atoms with Crippen LogP contribution in [0.15, 0.2) is 5.38 Å². The Labute approximate surface area is 63.7 Å². The van der Waals surface area contributed by atoms with Crippen molar-refractivity contribution in [3.63, 3.8) is 0 Å². The highest BCUT2D eigenvalue weighted by molar-refractivity contribution is 7.12. The average molecular weight is 155 g/mol. The normalized spacial score (nSPS) is 9.80. The molecule has 0 bridgehead atoms. The Morgan fingerprint density at radius 1 is 1.70 bits per heavy atom. The van der Waals surface area contributed by atoms with Crippen molar-refractivity contribution in [3.05, 3.63) is 15.8 Å². The molecule has 0 saturated carbocycles. The van der Waals surface area contributed by atoms with Gasteiger partial charge in [-0.2, -0.15) is 0 Å². The van der Waals surface area contributed by atoms with Crippen LogP contribution < -0.4 is 5.73 Å². The molecule has 0 aliphatic carbocycles. The van der Waals surface area contributed by atoms with Crippen molar-refractivity contribution in [1.29, 1.82) is 0 Å². The van der Waals surface area contributed by atoms with Crippen LogP contribution in [0.1, 0.15) is 22.2 Å². The first-order valence-electron chi connectivity index (χ1n) is 2.97. The van der Waals surface area contributed by atoms with Gasteiger partial charge in [0.1, 0.15) is 0 Å². The summed E-state index contributed by atoms with van der Waals surface area (Å²) in [6, 6.07) is 0. The van der Waals surface area contributed by atoms with Crippen molar-refractivity contribution in [2.75, 3.05) is 5.73 Å². The number of rotatable bonds is 1. The third-order valence-corrected chi connectivity index (χ3v) is 2.56. The topological polar surface area (TPSA) is 43.1 Å². The zero-order valence-electron chi connectivity index (χ0n) is 5.97. The molecule has 0 radical (unpaired) electrons. The molecule has 2 nitrogen and oxygen atoms in total. The van der Waals surface area contributed by atoms with Gasteiger partial charge in [-0.1, -0.05) is 0 Å². The summed E-state index contributed by atoms with van der Waals surface area (Å²) < 4.78 is 0. The number of hydrogen-bond acceptors (Lipinski definition) is 3. The minimum atomic E-state index is 0.0515. The summed E-state index contributed by atoms with van der Waals surface area (Å²) in [6.45, 7) is 3.43. The van der Waals surface area contributed by atoms with Crippen molar-refractivity contribution in [1.82, 2.24) is 0 Å². The smallest absolute Gasteiger partial charge is 0.171 e. The molecule has 0 spiro atoms. The first-order chi connectivity index (χ1) is 4.63. The van der Waals surface area contributed by atoms with Gasteiger partial charge in [0.05, 0.1) is 10.6 Å². The number of hydrogen-bond donors (Lipinski definition) is 1. The van der Waals surface area contributed by atoms with Crippen LogP contribution in [0.25, 0.3) is 0 Å². The highest BCUT2D eigenvalue weighted by Gasteiger charge is 2.07. The van der Waals surface area contributed by atoms with Crippen LogP contribution in [0.5, 0.6) is 0 Å². The summed E-state index contributed by atoms with van der Waals surface area (Å²) >= 11 is 1.41. The quantitative estimate of drug-likeness (QED) is 0.629. The molecule has 2 N–H and O–H groups in total. The lowest BCUT2D eigenvalue weighted by Gasteiger charge is -1.91. The van der Waals surface area contributed by atoms with Crippen molar-refractivity contribution < 1.29 is 4.79 Å². The van der Waals surface area contributed by atoms with Gasteiger partial charge in [-0.3, -0.25) is 4.79 Å².